The minimum Gasteiger partial charge on any atom is -0.366 e. The van der Waals surface area contributed by atoms with E-state index in [1.807, 2.05) is 12.1 Å². The zero-order valence-electron chi connectivity index (χ0n) is 12.6. The maximum Gasteiger partial charge on any atom is 0.250 e. The van der Waals surface area contributed by atoms with E-state index in [1.54, 1.807) is 6.07 Å². The second kappa shape index (κ2) is 5.79. The van der Waals surface area contributed by atoms with E-state index < -0.39 is 5.91 Å². The predicted octanol–water partition coefficient (Wildman–Crippen LogP) is 3.64. The Kier molecular flexibility index (Phi) is 3.73. The first-order chi connectivity index (χ1) is 11.5. The number of hydrogen-bond donors (Lipinski definition) is 2. The van der Waals surface area contributed by atoms with Crippen LogP contribution in [-0.2, 0) is 13.0 Å². The molecule has 1 aromatic carbocycles. The molecule has 5 nitrogen and oxygen atoms in total. The summed E-state index contributed by atoms with van der Waals surface area (Å²) in [4.78, 5) is 21.2. The summed E-state index contributed by atoms with van der Waals surface area (Å²) in [5, 5.41) is 1.64. The minimum absolute atomic E-state index is 0.317. The van der Waals surface area contributed by atoms with Crippen molar-refractivity contribution in [3.05, 3.63) is 56.8 Å². The SMILES string of the molecule is NC(=O)c1cnc(N2CCc3[nH]c4c(Br)cccc4c3C2)c(Cl)c1. The smallest absolute Gasteiger partial charge is 0.250 e. The highest BCUT2D eigenvalue weighted by Gasteiger charge is 2.24. The molecule has 0 saturated heterocycles. The van der Waals surface area contributed by atoms with Gasteiger partial charge in [-0.3, -0.25) is 4.79 Å². The molecule has 0 bridgehead atoms. The number of fused-ring (bicyclic) bond motifs is 3. The topological polar surface area (TPSA) is 75.0 Å². The van der Waals surface area contributed by atoms with Crippen molar-refractivity contribution >= 4 is 50.2 Å². The van der Waals surface area contributed by atoms with Gasteiger partial charge in [-0.25, -0.2) is 4.98 Å². The number of nitrogens with one attached hydrogen (secondary N) is 1. The van der Waals surface area contributed by atoms with Crippen LogP contribution < -0.4 is 10.6 Å². The lowest BCUT2D eigenvalue weighted by Gasteiger charge is -2.29. The Morgan fingerprint density at radius 3 is 3.00 bits per heavy atom. The molecule has 0 fully saturated rings. The van der Waals surface area contributed by atoms with Crippen molar-refractivity contribution < 1.29 is 4.79 Å². The Bertz CT molecular complexity index is 969. The standard InChI is InChI=1S/C17H14BrClN4O/c18-12-3-1-2-10-11-8-23(5-4-14(11)22-15(10)12)17-13(19)6-9(7-21-17)16(20)24/h1-3,6-7,22H,4-5,8H2,(H2,20,24). The lowest BCUT2D eigenvalue weighted by Crippen LogP contribution is -2.31. The Balaban J connectivity index is 1.73. The van der Waals surface area contributed by atoms with Crippen LogP contribution in [0.25, 0.3) is 10.9 Å². The van der Waals surface area contributed by atoms with Gasteiger partial charge in [-0.2, -0.15) is 0 Å². The summed E-state index contributed by atoms with van der Waals surface area (Å²) >= 11 is 9.92. The monoisotopic (exact) mass is 404 g/mol. The molecule has 0 atom stereocenters. The molecule has 0 unspecified atom stereocenters. The molecule has 3 N–H and O–H groups in total. The number of anilines is 1. The number of pyridine rings is 1. The van der Waals surface area contributed by atoms with Crippen LogP contribution in [0.4, 0.5) is 5.82 Å². The van der Waals surface area contributed by atoms with Gasteiger partial charge >= 0.3 is 0 Å². The van der Waals surface area contributed by atoms with Crippen LogP contribution >= 0.6 is 27.5 Å². The van der Waals surface area contributed by atoms with E-state index in [4.69, 9.17) is 17.3 Å². The Labute approximate surface area is 151 Å². The van der Waals surface area contributed by atoms with Crippen molar-refractivity contribution in [3.63, 3.8) is 0 Å². The first-order valence-electron chi connectivity index (χ1n) is 7.53. The van der Waals surface area contributed by atoms with Crippen LogP contribution in [0.2, 0.25) is 5.02 Å². The third kappa shape index (κ3) is 2.46. The third-order valence-corrected chi connectivity index (χ3v) is 5.30. The molecule has 7 heteroatoms. The first-order valence-corrected chi connectivity index (χ1v) is 8.70. The lowest BCUT2D eigenvalue weighted by atomic mass is 10.0. The molecule has 1 amide bonds. The van der Waals surface area contributed by atoms with Crippen LogP contribution in [0.3, 0.4) is 0 Å². The van der Waals surface area contributed by atoms with Crippen LogP contribution in [0.15, 0.2) is 34.9 Å². The molecule has 3 heterocycles. The van der Waals surface area contributed by atoms with Crippen molar-refractivity contribution in [1.29, 1.82) is 0 Å². The molecule has 0 radical (unpaired) electrons. The molecule has 3 aromatic rings. The van der Waals surface area contributed by atoms with Gasteiger partial charge in [-0.1, -0.05) is 23.7 Å². The zero-order chi connectivity index (χ0) is 16.8. The summed E-state index contributed by atoms with van der Waals surface area (Å²) < 4.78 is 1.06. The summed E-state index contributed by atoms with van der Waals surface area (Å²) in [6.07, 6.45) is 2.36. The van der Waals surface area contributed by atoms with Crippen molar-refractivity contribution in [1.82, 2.24) is 9.97 Å². The lowest BCUT2D eigenvalue weighted by molar-refractivity contribution is 0.1000. The average Bonchev–Trinajstić information content (AvgIpc) is 2.94. The predicted molar refractivity (Wildman–Crippen MR) is 98.5 cm³/mol. The Morgan fingerprint density at radius 1 is 1.42 bits per heavy atom. The quantitative estimate of drug-likeness (QED) is 0.683. The summed E-state index contributed by atoms with van der Waals surface area (Å²) in [6.45, 7) is 1.52. The molecular weight excluding hydrogens is 392 g/mol. The molecule has 2 aromatic heterocycles. The second-order valence-corrected chi connectivity index (χ2v) is 7.07. The van der Waals surface area contributed by atoms with Gasteiger partial charge < -0.3 is 15.6 Å². The van der Waals surface area contributed by atoms with Crippen LogP contribution in [-0.4, -0.2) is 22.4 Å². The molecular formula is C17H14BrClN4O. The van der Waals surface area contributed by atoms with Crippen molar-refractivity contribution in [3.8, 4) is 0 Å². The molecule has 1 aliphatic rings. The number of benzene rings is 1. The van der Waals surface area contributed by atoms with Crippen molar-refractivity contribution in [2.75, 3.05) is 11.4 Å². The fraction of sp³-hybridized carbons (Fsp3) is 0.176. The summed E-state index contributed by atoms with van der Waals surface area (Å²) in [6, 6.07) is 7.76. The summed E-state index contributed by atoms with van der Waals surface area (Å²) in [5.41, 5.74) is 9.22. The van der Waals surface area contributed by atoms with E-state index in [1.165, 1.54) is 22.8 Å². The maximum absolute atomic E-state index is 11.2. The van der Waals surface area contributed by atoms with E-state index in [9.17, 15) is 4.79 Å². The minimum atomic E-state index is -0.529. The number of aromatic amines is 1. The van der Waals surface area contributed by atoms with E-state index in [0.29, 0.717) is 22.9 Å². The van der Waals surface area contributed by atoms with Crippen LogP contribution in [0, 0.1) is 0 Å². The number of hydrogen-bond acceptors (Lipinski definition) is 3. The number of aromatic nitrogens is 2. The van der Waals surface area contributed by atoms with Gasteiger partial charge in [0.15, 0.2) is 0 Å². The molecule has 24 heavy (non-hydrogen) atoms. The van der Waals surface area contributed by atoms with E-state index in [0.717, 1.165) is 23.0 Å². The molecule has 122 valence electrons. The molecule has 4 rings (SSSR count). The zero-order valence-corrected chi connectivity index (χ0v) is 15.0. The highest BCUT2D eigenvalue weighted by Crippen LogP contribution is 2.34. The van der Waals surface area contributed by atoms with Gasteiger partial charge in [-0.15, -0.1) is 0 Å². The molecule has 0 spiro atoms. The largest absolute Gasteiger partial charge is 0.366 e. The van der Waals surface area contributed by atoms with Gasteiger partial charge in [0.2, 0.25) is 5.91 Å². The summed E-state index contributed by atoms with van der Waals surface area (Å²) in [5.74, 6) is 0.148. The van der Waals surface area contributed by atoms with E-state index in [2.05, 4.69) is 36.9 Å². The van der Waals surface area contributed by atoms with Crippen molar-refractivity contribution in [2.45, 2.75) is 13.0 Å². The van der Waals surface area contributed by atoms with Crippen LogP contribution in [0.5, 0.6) is 0 Å². The van der Waals surface area contributed by atoms with Crippen LogP contribution in [0.1, 0.15) is 21.6 Å². The Hall–Kier alpha value is -2.05. The normalized spacial score (nSPS) is 14.0. The molecule has 0 aliphatic carbocycles. The van der Waals surface area contributed by atoms with Gasteiger partial charge in [-0.05, 0) is 28.1 Å². The average molecular weight is 406 g/mol. The first kappa shape index (κ1) is 15.5. The number of halogens is 2. The van der Waals surface area contributed by atoms with E-state index in [-0.39, 0.29) is 0 Å². The number of nitrogens with two attached hydrogens (primary N) is 1. The van der Waals surface area contributed by atoms with Gasteiger partial charge in [0, 0.05) is 46.8 Å². The molecule has 0 saturated carbocycles. The van der Waals surface area contributed by atoms with Gasteiger partial charge in [0.1, 0.15) is 5.82 Å². The second-order valence-electron chi connectivity index (χ2n) is 5.81. The highest BCUT2D eigenvalue weighted by atomic mass is 79.9. The fourth-order valence-electron chi connectivity index (χ4n) is 3.18. The van der Waals surface area contributed by atoms with Gasteiger partial charge in [0.05, 0.1) is 16.1 Å². The maximum atomic E-state index is 11.2. The molecule has 1 aliphatic heterocycles. The van der Waals surface area contributed by atoms with E-state index >= 15 is 0 Å². The van der Waals surface area contributed by atoms with Gasteiger partial charge in [0.25, 0.3) is 0 Å². The van der Waals surface area contributed by atoms with Crippen molar-refractivity contribution in [2.24, 2.45) is 5.73 Å². The number of carbonyl (C=O) groups is 1. The number of H-pyrrole nitrogens is 1. The third-order valence-electron chi connectivity index (χ3n) is 4.37. The Morgan fingerprint density at radius 2 is 2.25 bits per heavy atom. The number of para-hydroxylation sites is 1. The number of rotatable bonds is 2. The number of amides is 1. The summed E-state index contributed by atoms with van der Waals surface area (Å²) in [7, 11) is 0. The fourth-order valence-corrected chi connectivity index (χ4v) is 3.93. The number of nitrogens with zero attached hydrogens (tertiary/aromatic N) is 2. The number of primary amides is 1. The number of carbonyl (C=O) groups excluding carboxylic acids is 1. The highest BCUT2D eigenvalue weighted by molar-refractivity contribution is 9.10.